The first-order valence-electron chi connectivity index (χ1n) is 19.2. The molecule has 0 spiro atoms. The van der Waals surface area contributed by atoms with Crippen LogP contribution >= 0.6 is 0 Å². The largest absolute Gasteiger partial charge is 0.355 e. The zero-order valence-electron chi connectivity index (χ0n) is 32.8. The van der Waals surface area contributed by atoms with Crippen molar-refractivity contribution in [3.63, 3.8) is 0 Å². The van der Waals surface area contributed by atoms with E-state index in [9.17, 15) is 0 Å². The summed E-state index contributed by atoms with van der Waals surface area (Å²) >= 11 is 0. The minimum atomic E-state index is 0.738. The molecular formula is C52H53N3. The number of nitrogens with zero attached hydrogens (tertiary/aromatic N) is 2. The summed E-state index contributed by atoms with van der Waals surface area (Å²) in [6.45, 7) is 11.9. The van der Waals surface area contributed by atoms with Crippen LogP contribution < -0.4 is 5.32 Å². The van der Waals surface area contributed by atoms with E-state index >= 15 is 0 Å². The third kappa shape index (κ3) is 12.4. The van der Waals surface area contributed by atoms with E-state index < -0.39 is 0 Å². The molecule has 1 N–H and O–H groups in total. The molecule has 1 aromatic heterocycles. The summed E-state index contributed by atoms with van der Waals surface area (Å²) in [5.74, 6) is 0.738. The van der Waals surface area contributed by atoms with Gasteiger partial charge in [-0.05, 0) is 106 Å². The zero-order valence-corrected chi connectivity index (χ0v) is 32.8. The number of allylic oxidation sites excluding steroid dienone is 8. The Morgan fingerprint density at radius 1 is 0.582 bits per heavy atom. The predicted molar refractivity (Wildman–Crippen MR) is 238 cm³/mol. The molecule has 3 nitrogen and oxygen atoms in total. The van der Waals surface area contributed by atoms with Crippen molar-refractivity contribution in [2.24, 2.45) is 0 Å². The maximum atomic E-state index is 4.78. The minimum absolute atomic E-state index is 0.738. The van der Waals surface area contributed by atoms with Crippen LogP contribution in [0.2, 0.25) is 0 Å². The second-order valence-electron chi connectivity index (χ2n) is 13.5. The molecule has 0 atom stereocenters. The van der Waals surface area contributed by atoms with E-state index in [-0.39, 0.29) is 0 Å². The van der Waals surface area contributed by atoms with Crippen LogP contribution in [0.1, 0.15) is 60.1 Å². The number of rotatable bonds is 6. The number of fused-ring (bicyclic) bond motifs is 2. The average Bonchev–Trinajstić information content (AvgIpc) is 3.23. The van der Waals surface area contributed by atoms with E-state index in [4.69, 9.17) is 4.98 Å². The smallest absolute Gasteiger partial charge is 0.159 e. The SMILES string of the molecule is C=C/C=C\C=C/C.CC1=CCCc2ccccc21.Cc1ccc(-c2ccnc(-c3ccc(NC4=CCCc5ccccc54)cc3)n2)cc1.Cc1ccccc1. The molecule has 1 heterocycles. The van der Waals surface area contributed by atoms with E-state index in [0.29, 0.717) is 0 Å². The van der Waals surface area contributed by atoms with E-state index in [2.05, 4.69) is 159 Å². The Kier molecular flexibility index (Phi) is 15.5. The number of anilines is 1. The van der Waals surface area contributed by atoms with Gasteiger partial charge in [-0.1, -0.05) is 163 Å². The molecule has 2 aliphatic rings. The Bertz CT molecular complexity index is 2220. The fourth-order valence-electron chi connectivity index (χ4n) is 6.31. The normalized spacial score (nSPS) is 12.6. The van der Waals surface area contributed by atoms with E-state index in [1.165, 1.54) is 57.5 Å². The van der Waals surface area contributed by atoms with Gasteiger partial charge in [0.25, 0.3) is 0 Å². The minimum Gasteiger partial charge on any atom is -0.355 e. The molecular weight excluding hydrogens is 667 g/mol. The second-order valence-corrected chi connectivity index (χ2v) is 13.5. The highest BCUT2D eigenvalue weighted by atomic mass is 14.9. The second kappa shape index (κ2) is 21.4. The van der Waals surface area contributed by atoms with Crippen LogP contribution in [-0.2, 0) is 12.8 Å². The highest BCUT2D eigenvalue weighted by Crippen LogP contribution is 2.29. The molecule has 2 aliphatic carbocycles. The van der Waals surface area contributed by atoms with Crippen molar-refractivity contribution < 1.29 is 0 Å². The molecule has 0 saturated heterocycles. The molecule has 0 amide bonds. The molecule has 0 radical (unpaired) electrons. The van der Waals surface area contributed by atoms with Crippen LogP contribution in [0.4, 0.5) is 5.69 Å². The number of hydrogen-bond donors (Lipinski definition) is 1. The number of aromatic nitrogens is 2. The van der Waals surface area contributed by atoms with Crippen LogP contribution in [0.25, 0.3) is 33.9 Å². The average molecular weight is 720 g/mol. The number of hydrogen-bond acceptors (Lipinski definition) is 3. The lowest BCUT2D eigenvalue weighted by molar-refractivity contribution is 0.975. The van der Waals surface area contributed by atoms with Crippen molar-refractivity contribution in [3.8, 4) is 22.6 Å². The Hall–Kier alpha value is -6.32. The topological polar surface area (TPSA) is 37.8 Å². The quantitative estimate of drug-likeness (QED) is 0.174. The van der Waals surface area contributed by atoms with Crippen molar-refractivity contribution in [1.29, 1.82) is 0 Å². The Balaban J connectivity index is 0.000000187. The van der Waals surface area contributed by atoms with Crippen molar-refractivity contribution >= 4 is 17.0 Å². The Morgan fingerprint density at radius 2 is 1.18 bits per heavy atom. The zero-order chi connectivity index (χ0) is 38.7. The van der Waals surface area contributed by atoms with Crippen LogP contribution in [0, 0.1) is 13.8 Å². The van der Waals surface area contributed by atoms with Gasteiger partial charge in [-0.15, -0.1) is 0 Å². The molecule has 0 aliphatic heterocycles. The molecule has 6 aromatic rings. The molecule has 8 rings (SSSR count). The Labute approximate surface area is 329 Å². The first kappa shape index (κ1) is 39.9. The van der Waals surface area contributed by atoms with E-state index in [1.54, 1.807) is 6.08 Å². The Morgan fingerprint density at radius 3 is 1.82 bits per heavy atom. The fraction of sp³-hybridized carbons (Fsp3) is 0.154. The highest BCUT2D eigenvalue weighted by molar-refractivity contribution is 5.80. The van der Waals surface area contributed by atoms with Gasteiger partial charge in [-0.2, -0.15) is 0 Å². The predicted octanol–water partition coefficient (Wildman–Crippen LogP) is 13.9. The van der Waals surface area contributed by atoms with Crippen LogP contribution in [0.5, 0.6) is 0 Å². The van der Waals surface area contributed by atoms with Gasteiger partial charge in [0.1, 0.15) is 0 Å². The number of benzene rings is 5. The van der Waals surface area contributed by atoms with Gasteiger partial charge in [-0.3, -0.25) is 0 Å². The number of nitrogens with one attached hydrogen (secondary N) is 1. The van der Waals surface area contributed by atoms with Gasteiger partial charge in [-0.25, -0.2) is 9.97 Å². The van der Waals surface area contributed by atoms with Gasteiger partial charge in [0, 0.05) is 34.3 Å². The molecule has 0 saturated carbocycles. The lowest BCUT2D eigenvalue weighted by Crippen LogP contribution is -2.06. The molecule has 5 aromatic carbocycles. The molecule has 3 heteroatoms. The summed E-state index contributed by atoms with van der Waals surface area (Å²) in [5.41, 5.74) is 14.9. The lowest BCUT2D eigenvalue weighted by atomic mass is 9.92. The van der Waals surface area contributed by atoms with E-state index in [0.717, 1.165) is 41.2 Å². The van der Waals surface area contributed by atoms with E-state index in [1.807, 2.05) is 61.7 Å². The number of aryl methyl sites for hydroxylation is 4. The van der Waals surface area contributed by atoms with Crippen molar-refractivity contribution in [2.45, 2.75) is 53.4 Å². The summed E-state index contributed by atoms with van der Waals surface area (Å²) in [4.78, 5) is 9.26. The standard InChI is InChI=1S/C27H23N3.C11H12.C7H8.C7H10/c1-19-9-11-21(12-10-19)25-17-18-28-27(30-25)22-13-15-23(16-14-22)29-26-8-4-6-20-5-2-3-7-24(20)26;1-9-5-4-7-10-6-2-3-8-11(9)10;1-7-5-3-2-4-6-7;1-3-5-7-6-4-2/h2-3,5,7-18,29H,4,6H2,1H3;2-3,5-6,8H,4,7H2,1H3;2-6H,1H3;3-7H,1H2,2H3/b;;;6-4-,7-5-. The fourth-order valence-corrected chi connectivity index (χ4v) is 6.31. The van der Waals surface area contributed by atoms with Gasteiger partial charge in [0.05, 0.1) is 5.69 Å². The maximum Gasteiger partial charge on any atom is 0.159 e. The summed E-state index contributed by atoms with van der Waals surface area (Å²) in [6.07, 6.45) is 20.5. The summed E-state index contributed by atoms with van der Waals surface area (Å²) in [7, 11) is 0. The monoisotopic (exact) mass is 719 g/mol. The maximum absolute atomic E-state index is 4.78. The first-order chi connectivity index (χ1) is 26.9. The van der Waals surface area contributed by atoms with Crippen LogP contribution in [0.15, 0.2) is 189 Å². The molecule has 276 valence electrons. The summed E-state index contributed by atoms with van der Waals surface area (Å²) in [6, 6.07) is 46.3. The molecule has 0 fully saturated rings. The van der Waals surface area contributed by atoms with Gasteiger partial charge < -0.3 is 5.32 Å². The van der Waals surface area contributed by atoms with Gasteiger partial charge in [0.2, 0.25) is 0 Å². The van der Waals surface area contributed by atoms with Gasteiger partial charge >= 0.3 is 0 Å². The van der Waals surface area contributed by atoms with Crippen LogP contribution in [0.3, 0.4) is 0 Å². The summed E-state index contributed by atoms with van der Waals surface area (Å²) < 4.78 is 0. The molecule has 0 unspecified atom stereocenters. The van der Waals surface area contributed by atoms with Crippen molar-refractivity contribution in [2.75, 3.05) is 5.32 Å². The lowest BCUT2D eigenvalue weighted by Gasteiger charge is -2.19. The first-order valence-corrected chi connectivity index (χ1v) is 19.2. The van der Waals surface area contributed by atoms with Crippen LogP contribution in [-0.4, -0.2) is 9.97 Å². The van der Waals surface area contributed by atoms with Crippen molar-refractivity contribution in [3.05, 3.63) is 222 Å². The third-order valence-electron chi connectivity index (χ3n) is 9.29. The van der Waals surface area contributed by atoms with Crippen molar-refractivity contribution in [1.82, 2.24) is 9.97 Å². The van der Waals surface area contributed by atoms with Gasteiger partial charge in [0.15, 0.2) is 5.82 Å². The molecule has 0 bridgehead atoms. The highest BCUT2D eigenvalue weighted by Gasteiger charge is 2.12. The third-order valence-corrected chi connectivity index (χ3v) is 9.29. The molecule has 55 heavy (non-hydrogen) atoms. The summed E-state index contributed by atoms with van der Waals surface area (Å²) in [5, 5.41) is 3.58.